The van der Waals surface area contributed by atoms with Gasteiger partial charge in [0.1, 0.15) is 5.82 Å². The number of hydrogen-bond acceptors (Lipinski definition) is 5. The summed E-state index contributed by atoms with van der Waals surface area (Å²) in [5, 5.41) is 11.2. The number of likely N-dealkylation sites (N-methyl/N-ethyl adjacent to an activating group) is 1. The average molecular weight is 416 g/mol. The van der Waals surface area contributed by atoms with Gasteiger partial charge in [-0.3, -0.25) is 10.3 Å². The van der Waals surface area contributed by atoms with Crippen molar-refractivity contribution >= 4 is 22.8 Å². The molecule has 3 aromatic heterocycles. The predicted octanol–water partition coefficient (Wildman–Crippen LogP) is 3.55. The molecule has 0 saturated carbocycles. The van der Waals surface area contributed by atoms with Crippen LogP contribution in [0.2, 0.25) is 0 Å². The number of benzene rings is 1. The smallest absolute Gasteiger partial charge is 0.320 e. The van der Waals surface area contributed by atoms with E-state index in [1.807, 2.05) is 79.1 Å². The summed E-state index contributed by atoms with van der Waals surface area (Å²) in [6.45, 7) is 2.62. The summed E-state index contributed by atoms with van der Waals surface area (Å²) in [6, 6.07) is 15.1. The molecule has 31 heavy (non-hydrogen) atoms. The highest BCUT2D eigenvalue weighted by Gasteiger charge is 2.16. The number of rotatable bonds is 6. The van der Waals surface area contributed by atoms with Gasteiger partial charge in [-0.1, -0.05) is 30.3 Å². The number of nitrogens with one attached hydrogen (secondary N) is 2. The summed E-state index contributed by atoms with van der Waals surface area (Å²) in [4.78, 5) is 23.3. The average Bonchev–Trinajstić information content (AvgIpc) is 3.17. The molecule has 0 radical (unpaired) electrons. The van der Waals surface area contributed by atoms with Gasteiger partial charge in [0.25, 0.3) is 0 Å². The number of amides is 2. The Kier molecular flexibility index (Phi) is 5.90. The van der Waals surface area contributed by atoms with Crippen molar-refractivity contribution < 1.29 is 4.79 Å². The third kappa shape index (κ3) is 4.87. The largest absolute Gasteiger partial charge is 0.330 e. The number of carbonyl (C=O) groups is 1. The Balaban J connectivity index is 1.51. The molecular formula is C23H25N7O. The maximum absolute atomic E-state index is 12.7. The molecule has 0 spiro atoms. The predicted molar refractivity (Wildman–Crippen MR) is 121 cm³/mol. The van der Waals surface area contributed by atoms with Crippen LogP contribution in [0.15, 0.2) is 67.1 Å². The Morgan fingerprint density at radius 3 is 2.65 bits per heavy atom. The minimum absolute atomic E-state index is 0.141. The number of urea groups is 1. The Labute approximate surface area is 180 Å². The third-order valence-corrected chi connectivity index (χ3v) is 4.88. The number of fused-ring (bicyclic) bond motifs is 1. The molecule has 158 valence electrons. The number of nitrogens with zero attached hydrogens (tertiary/aromatic N) is 5. The second kappa shape index (κ2) is 8.93. The second-order valence-electron chi connectivity index (χ2n) is 7.66. The quantitative estimate of drug-likeness (QED) is 0.503. The number of aryl methyl sites for hydroxylation is 1. The fourth-order valence-corrected chi connectivity index (χ4v) is 3.46. The van der Waals surface area contributed by atoms with Crippen molar-refractivity contribution in [3.8, 4) is 5.69 Å². The molecule has 8 nitrogen and oxygen atoms in total. The molecular weight excluding hydrogens is 390 g/mol. The summed E-state index contributed by atoms with van der Waals surface area (Å²) in [5.41, 5.74) is 3.72. The van der Waals surface area contributed by atoms with Crippen LogP contribution in [0.5, 0.6) is 0 Å². The Morgan fingerprint density at radius 2 is 1.90 bits per heavy atom. The van der Waals surface area contributed by atoms with Crippen molar-refractivity contribution in [3.05, 3.63) is 78.4 Å². The van der Waals surface area contributed by atoms with E-state index in [0.29, 0.717) is 12.4 Å². The molecule has 4 aromatic rings. The van der Waals surface area contributed by atoms with E-state index in [4.69, 9.17) is 0 Å². The molecule has 0 fully saturated rings. The molecule has 8 heteroatoms. The molecule has 0 aliphatic heterocycles. The van der Waals surface area contributed by atoms with E-state index in [1.165, 1.54) is 0 Å². The summed E-state index contributed by atoms with van der Waals surface area (Å²) in [5.74, 6) is 0.465. The first-order chi connectivity index (χ1) is 15.0. The van der Waals surface area contributed by atoms with Gasteiger partial charge in [0.2, 0.25) is 0 Å². The van der Waals surface area contributed by atoms with Gasteiger partial charge in [0.15, 0.2) is 0 Å². The highest BCUT2D eigenvalue weighted by atomic mass is 16.2. The maximum atomic E-state index is 12.7. The highest BCUT2D eigenvalue weighted by molar-refractivity contribution is 5.91. The fourth-order valence-electron chi connectivity index (χ4n) is 3.46. The third-order valence-electron chi connectivity index (χ3n) is 4.88. The molecule has 0 saturated heterocycles. The summed E-state index contributed by atoms with van der Waals surface area (Å²) >= 11 is 0. The van der Waals surface area contributed by atoms with Crippen LogP contribution in [-0.2, 0) is 0 Å². The standard InChI is InChI=1S/C23H25N7O/c1-16-11-19(9-10-24-16)30-21-14-25-22(12-18(21)13-26-30)28-23(31)27-20(15-29(2)3)17-7-5-4-6-8-17/h4-14,20H,15H2,1-3H3,(H2,25,27,28,31). The van der Waals surface area contributed by atoms with Crippen LogP contribution in [0.4, 0.5) is 10.6 Å². The zero-order chi connectivity index (χ0) is 21.8. The zero-order valence-electron chi connectivity index (χ0n) is 17.8. The van der Waals surface area contributed by atoms with Crippen molar-refractivity contribution in [3.63, 3.8) is 0 Å². The number of anilines is 1. The summed E-state index contributed by atoms with van der Waals surface area (Å²) < 4.78 is 1.81. The summed E-state index contributed by atoms with van der Waals surface area (Å²) in [6.07, 6.45) is 5.22. The van der Waals surface area contributed by atoms with E-state index in [0.717, 1.165) is 27.8 Å². The molecule has 0 aliphatic rings. The van der Waals surface area contributed by atoms with Crippen molar-refractivity contribution in [2.75, 3.05) is 26.0 Å². The van der Waals surface area contributed by atoms with Crippen LogP contribution in [-0.4, -0.2) is 51.3 Å². The Bertz CT molecular complexity index is 1190. The van der Waals surface area contributed by atoms with Crippen LogP contribution in [0, 0.1) is 6.92 Å². The molecule has 4 rings (SSSR count). The van der Waals surface area contributed by atoms with E-state index in [2.05, 4.69) is 25.7 Å². The van der Waals surface area contributed by atoms with Gasteiger partial charge in [-0.15, -0.1) is 0 Å². The lowest BCUT2D eigenvalue weighted by molar-refractivity contribution is 0.244. The van der Waals surface area contributed by atoms with Gasteiger partial charge in [0.05, 0.1) is 29.6 Å². The monoisotopic (exact) mass is 415 g/mol. The maximum Gasteiger partial charge on any atom is 0.320 e. The minimum atomic E-state index is -0.306. The molecule has 1 atom stereocenters. The minimum Gasteiger partial charge on any atom is -0.330 e. The first kappa shape index (κ1) is 20.5. The fraction of sp³-hybridized carbons (Fsp3) is 0.217. The molecule has 0 bridgehead atoms. The van der Waals surface area contributed by atoms with Gasteiger partial charge in [0, 0.05) is 23.8 Å². The first-order valence-corrected chi connectivity index (χ1v) is 10.0. The Hall–Kier alpha value is -3.78. The normalized spacial score (nSPS) is 12.1. The van der Waals surface area contributed by atoms with E-state index >= 15 is 0 Å². The topological polar surface area (TPSA) is 88.0 Å². The van der Waals surface area contributed by atoms with E-state index in [1.54, 1.807) is 18.6 Å². The molecule has 2 N–H and O–H groups in total. The number of carbonyl (C=O) groups excluding carboxylic acids is 1. The van der Waals surface area contributed by atoms with Crippen LogP contribution in [0.1, 0.15) is 17.3 Å². The van der Waals surface area contributed by atoms with Gasteiger partial charge in [-0.2, -0.15) is 5.10 Å². The van der Waals surface area contributed by atoms with Crippen molar-refractivity contribution in [1.29, 1.82) is 0 Å². The summed E-state index contributed by atoms with van der Waals surface area (Å²) in [7, 11) is 3.96. The lowest BCUT2D eigenvalue weighted by Gasteiger charge is -2.23. The van der Waals surface area contributed by atoms with Crippen molar-refractivity contribution in [2.24, 2.45) is 0 Å². The van der Waals surface area contributed by atoms with Crippen molar-refractivity contribution in [2.45, 2.75) is 13.0 Å². The second-order valence-corrected chi connectivity index (χ2v) is 7.66. The molecule has 3 heterocycles. The van der Waals surface area contributed by atoms with Gasteiger partial charge >= 0.3 is 6.03 Å². The first-order valence-electron chi connectivity index (χ1n) is 10.0. The molecule has 0 aliphatic carbocycles. The molecule has 1 unspecified atom stereocenters. The number of aromatic nitrogens is 4. The SMILES string of the molecule is Cc1cc(-n2ncc3cc(NC(=O)NC(CN(C)C)c4ccccc4)ncc32)ccn1. The van der Waals surface area contributed by atoms with Crippen molar-refractivity contribution in [1.82, 2.24) is 30.0 Å². The lowest BCUT2D eigenvalue weighted by atomic mass is 10.1. The van der Waals surface area contributed by atoms with Crippen LogP contribution < -0.4 is 10.6 Å². The van der Waals surface area contributed by atoms with E-state index in [-0.39, 0.29) is 12.1 Å². The van der Waals surface area contributed by atoms with E-state index in [9.17, 15) is 4.79 Å². The number of pyridine rings is 2. The zero-order valence-corrected chi connectivity index (χ0v) is 17.8. The molecule has 1 aromatic carbocycles. The van der Waals surface area contributed by atoms with E-state index < -0.39 is 0 Å². The Morgan fingerprint density at radius 1 is 1.10 bits per heavy atom. The molecule has 2 amide bonds. The van der Waals surface area contributed by atoms with Gasteiger partial charge < -0.3 is 10.2 Å². The van der Waals surface area contributed by atoms with Gasteiger partial charge in [-0.25, -0.2) is 14.5 Å². The number of hydrogen-bond donors (Lipinski definition) is 2. The van der Waals surface area contributed by atoms with Crippen LogP contribution in [0.25, 0.3) is 16.6 Å². The van der Waals surface area contributed by atoms with Gasteiger partial charge in [-0.05, 0) is 44.8 Å². The van der Waals surface area contributed by atoms with Crippen LogP contribution >= 0.6 is 0 Å². The lowest BCUT2D eigenvalue weighted by Crippen LogP contribution is -2.37. The highest BCUT2D eigenvalue weighted by Crippen LogP contribution is 2.20. The van der Waals surface area contributed by atoms with Crippen LogP contribution in [0.3, 0.4) is 0 Å².